The van der Waals surface area contributed by atoms with Crippen molar-refractivity contribution in [1.82, 2.24) is 10.2 Å². The van der Waals surface area contributed by atoms with Crippen molar-refractivity contribution in [2.24, 2.45) is 0 Å². The van der Waals surface area contributed by atoms with E-state index in [9.17, 15) is 0 Å². The van der Waals surface area contributed by atoms with Gasteiger partial charge in [-0.1, -0.05) is 24.3 Å². The van der Waals surface area contributed by atoms with Gasteiger partial charge in [0.2, 0.25) is 0 Å². The zero-order chi connectivity index (χ0) is 11.4. The fraction of sp³-hybridized carbons (Fsp3) is 0.0667. The Morgan fingerprint density at radius 2 is 1.22 bits per heavy atom. The molecule has 0 aliphatic carbocycles. The van der Waals surface area contributed by atoms with Gasteiger partial charge in [0.1, 0.15) is 0 Å². The second-order valence-electron chi connectivity index (χ2n) is 4.62. The van der Waals surface area contributed by atoms with Crippen LogP contribution in [0.3, 0.4) is 0 Å². The van der Waals surface area contributed by atoms with Crippen molar-refractivity contribution in [2.45, 2.75) is 0 Å². The number of rotatable bonds is 0. The number of nitrogens with zero attached hydrogens (tertiary/aromatic N) is 1. The molecule has 2 heterocycles. The van der Waals surface area contributed by atoms with E-state index in [1.54, 1.807) is 0 Å². The van der Waals surface area contributed by atoms with E-state index in [4.69, 9.17) is 0 Å². The monoisotopic (exact) mass is 347 g/mol. The van der Waals surface area contributed by atoms with Crippen LogP contribution >= 0.6 is 0 Å². The summed E-state index contributed by atoms with van der Waals surface area (Å²) in [6.07, 6.45) is 8.48. The lowest BCUT2D eigenvalue weighted by Crippen LogP contribution is -3.00. The zero-order valence-corrected chi connectivity index (χ0v) is 12.1. The Hall–Kier alpha value is -1.49. The fourth-order valence-electron chi connectivity index (χ4n) is 2.76. The molecule has 0 amide bonds. The van der Waals surface area contributed by atoms with Gasteiger partial charge in [-0.3, -0.25) is 0 Å². The maximum Gasteiger partial charge on any atom is 0.0110 e. The Labute approximate surface area is 122 Å². The normalized spacial score (nSPS) is 14.4. The number of benzene rings is 2. The minimum Gasteiger partial charge on any atom is -1.00 e. The Bertz CT molecular complexity index is 813. The molecule has 18 heavy (non-hydrogen) atoms. The molecule has 0 fully saturated rings. The van der Waals surface area contributed by atoms with E-state index in [0.29, 0.717) is 0 Å². The lowest BCUT2D eigenvalue weighted by atomic mass is 10.0. The fourth-order valence-corrected chi connectivity index (χ4v) is 2.76. The van der Waals surface area contributed by atoms with Gasteiger partial charge >= 0.3 is 0 Å². The van der Waals surface area contributed by atoms with Gasteiger partial charge in [0.15, 0.2) is 0 Å². The van der Waals surface area contributed by atoms with E-state index in [1.807, 2.05) is 0 Å². The summed E-state index contributed by atoms with van der Waals surface area (Å²) >= 11 is 0. The minimum atomic E-state index is 0. The van der Waals surface area contributed by atoms with Crippen LogP contribution < -0.4 is 50.2 Å². The van der Waals surface area contributed by atoms with Crippen molar-refractivity contribution >= 4 is 35.6 Å². The average molecular weight is 347 g/mol. The Morgan fingerprint density at radius 3 is 1.78 bits per heavy atom. The van der Waals surface area contributed by atoms with E-state index < -0.39 is 0 Å². The lowest BCUT2D eigenvalue weighted by Gasteiger charge is -2.15. The van der Waals surface area contributed by atoms with Crippen molar-refractivity contribution in [3.63, 3.8) is 0 Å². The van der Waals surface area contributed by atoms with E-state index in [0.717, 1.165) is 0 Å². The number of hydrogen-bond acceptors (Lipinski definition) is 2. The van der Waals surface area contributed by atoms with Gasteiger partial charge < -0.3 is 34.2 Å². The first-order chi connectivity index (χ1) is 8.33. The van der Waals surface area contributed by atoms with Gasteiger partial charge in [0.05, 0.1) is 0 Å². The molecule has 0 bridgehead atoms. The highest BCUT2D eigenvalue weighted by Crippen LogP contribution is 2.01. The van der Waals surface area contributed by atoms with Crippen LogP contribution in [0, 0.1) is 0 Å². The minimum absolute atomic E-state index is 0. The number of nitrogens with one attached hydrogen (secondary N) is 1. The summed E-state index contributed by atoms with van der Waals surface area (Å²) in [5.41, 5.74) is 0. The first-order valence-electron chi connectivity index (χ1n) is 5.77. The largest absolute Gasteiger partial charge is 1.00 e. The van der Waals surface area contributed by atoms with Crippen LogP contribution in [0.15, 0.2) is 24.3 Å². The van der Waals surface area contributed by atoms with Gasteiger partial charge in [-0.25, -0.2) is 0 Å². The van der Waals surface area contributed by atoms with Gasteiger partial charge in [-0.2, -0.15) is 0 Å². The Morgan fingerprint density at radius 1 is 0.778 bits per heavy atom. The van der Waals surface area contributed by atoms with Gasteiger partial charge in [-0.05, 0) is 20.9 Å². The summed E-state index contributed by atoms with van der Waals surface area (Å²) in [4.78, 5) is 2.12. The maximum atomic E-state index is 3.20. The molecule has 0 saturated heterocycles. The van der Waals surface area contributed by atoms with Crippen LogP contribution in [0.1, 0.15) is 0 Å². The molecule has 3 heteroatoms. The Kier molecular flexibility index (Phi) is 2.59. The molecular formula is C15H12IN2-. The third-order valence-electron chi connectivity index (χ3n) is 3.45. The summed E-state index contributed by atoms with van der Waals surface area (Å²) in [5, 5.41) is 11.1. The molecule has 2 nitrogen and oxygen atoms in total. The molecule has 2 aliphatic heterocycles. The summed E-state index contributed by atoms with van der Waals surface area (Å²) in [5.74, 6) is 0. The molecule has 1 N–H and O–H groups in total. The molecule has 0 spiro atoms. The van der Waals surface area contributed by atoms with Gasteiger partial charge in [0, 0.05) is 42.6 Å². The molecule has 2 aromatic rings. The van der Waals surface area contributed by atoms with Crippen molar-refractivity contribution in [2.75, 3.05) is 7.05 Å². The standard InChI is InChI=1S/C15H12N2.HI/c1-17-8-12-4-2-10-6-16-7-11-3-5-13(9-17)15(12)14(10)11;/h2-9,16H,1H3;1H/p-1. The summed E-state index contributed by atoms with van der Waals surface area (Å²) < 4.78 is 0. The average Bonchev–Trinajstić information content (AvgIpc) is 2.35. The topological polar surface area (TPSA) is 15.3 Å². The highest BCUT2D eigenvalue weighted by molar-refractivity contribution is 5.88. The Balaban J connectivity index is 0.000001000. The van der Waals surface area contributed by atoms with Crippen LogP contribution in [0.5, 0.6) is 0 Å². The second kappa shape index (κ2) is 4.02. The van der Waals surface area contributed by atoms with Crippen LogP contribution in [0.4, 0.5) is 0 Å². The molecule has 0 unspecified atom stereocenters. The molecule has 4 rings (SSSR count). The van der Waals surface area contributed by atoms with Crippen molar-refractivity contribution in [3.05, 3.63) is 45.1 Å². The molecule has 0 aromatic heterocycles. The van der Waals surface area contributed by atoms with Crippen LogP contribution in [0.2, 0.25) is 0 Å². The molecule has 0 radical (unpaired) electrons. The van der Waals surface area contributed by atoms with E-state index in [-0.39, 0.29) is 24.0 Å². The first kappa shape index (κ1) is 11.6. The number of halogens is 1. The molecule has 2 aromatic carbocycles. The van der Waals surface area contributed by atoms with E-state index >= 15 is 0 Å². The summed E-state index contributed by atoms with van der Waals surface area (Å²) in [7, 11) is 2.07. The molecule has 0 saturated carbocycles. The number of hydrogen-bond donors (Lipinski definition) is 1. The second-order valence-corrected chi connectivity index (χ2v) is 4.62. The zero-order valence-electron chi connectivity index (χ0n) is 9.94. The molecule has 0 atom stereocenters. The van der Waals surface area contributed by atoms with E-state index in [2.05, 4.69) is 66.3 Å². The highest BCUT2D eigenvalue weighted by Gasteiger charge is 2.06. The maximum absolute atomic E-state index is 3.20. The SMILES string of the molecule is CN1C=c2ccc3c4c(ccc(c24)=C1)=CNC=3.[I-]. The quantitative estimate of drug-likeness (QED) is 0.495. The van der Waals surface area contributed by atoms with Crippen molar-refractivity contribution in [1.29, 1.82) is 0 Å². The predicted molar refractivity (Wildman–Crippen MR) is 71.2 cm³/mol. The smallest absolute Gasteiger partial charge is 0.0110 e. The first-order valence-corrected chi connectivity index (χ1v) is 5.77. The molecule has 2 aliphatic rings. The van der Waals surface area contributed by atoms with Gasteiger partial charge in [0.25, 0.3) is 0 Å². The summed E-state index contributed by atoms with van der Waals surface area (Å²) in [6.45, 7) is 0. The van der Waals surface area contributed by atoms with Gasteiger partial charge in [-0.15, -0.1) is 0 Å². The van der Waals surface area contributed by atoms with E-state index in [1.165, 1.54) is 31.6 Å². The molecule has 90 valence electrons. The predicted octanol–water partition coefficient (Wildman–Crippen LogP) is -3.66. The summed E-state index contributed by atoms with van der Waals surface area (Å²) in [6, 6.07) is 8.75. The van der Waals surface area contributed by atoms with Crippen molar-refractivity contribution in [3.8, 4) is 0 Å². The van der Waals surface area contributed by atoms with Crippen LogP contribution in [-0.4, -0.2) is 11.9 Å². The third-order valence-corrected chi connectivity index (χ3v) is 3.45. The third kappa shape index (κ3) is 1.47. The lowest BCUT2D eigenvalue weighted by molar-refractivity contribution is -0.00000325. The van der Waals surface area contributed by atoms with Crippen LogP contribution in [-0.2, 0) is 0 Å². The highest BCUT2D eigenvalue weighted by atomic mass is 127. The van der Waals surface area contributed by atoms with Crippen molar-refractivity contribution < 1.29 is 24.0 Å². The molecular weight excluding hydrogens is 335 g/mol. The van der Waals surface area contributed by atoms with Crippen LogP contribution in [0.25, 0.3) is 35.6 Å².